The van der Waals surface area contributed by atoms with E-state index in [2.05, 4.69) is 4.99 Å². The van der Waals surface area contributed by atoms with Crippen molar-refractivity contribution < 1.29 is 18.7 Å². The van der Waals surface area contributed by atoms with Gasteiger partial charge < -0.3 is 13.9 Å². The number of aliphatic imine (C=N–C) groups is 1. The van der Waals surface area contributed by atoms with Gasteiger partial charge in [-0.1, -0.05) is 48.5 Å². The summed E-state index contributed by atoms with van der Waals surface area (Å²) in [5, 5.41) is 2.10. The maximum atomic E-state index is 12.4. The highest BCUT2D eigenvalue weighted by Crippen LogP contribution is 2.26. The largest absolute Gasteiger partial charge is 0.518 e. The van der Waals surface area contributed by atoms with E-state index in [1.54, 1.807) is 37.6 Å². The van der Waals surface area contributed by atoms with Crippen LogP contribution in [0.4, 0.5) is 0 Å². The Balaban J connectivity index is 1.91. The van der Waals surface area contributed by atoms with Crippen LogP contribution < -0.4 is 4.74 Å². The molecule has 3 aromatic rings. The SMILES string of the molecule is COc1ccc2ccccc2c1C=N/C=C(/OC(=O)c1ccccc1)O[Si](C)(C)C. The third kappa shape index (κ3) is 5.58. The average molecular weight is 420 g/mol. The van der Waals surface area contributed by atoms with Gasteiger partial charge in [0.1, 0.15) is 11.9 Å². The molecule has 0 bridgehead atoms. The van der Waals surface area contributed by atoms with E-state index in [-0.39, 0.29) is 5.95 Å². The highest BCUT2D eigenvalue weighted by molar-refractivity contribution is 6.70. The van der Waals surface area contributed by atoms with Crippen LogP contribution in [0.25, 0.3) is 10.8 Å². The standard InChI is InChI=1S/C24H25NO4Si/c1-27-22-15-14-18-10-8-9-13-20(18)21(22)16-25-17-23(29-30(2,3)4)28-24(26)19-11-6-5-7-12-19/h5-17H,1-4H3/b23-17-,25-16?. The van der Waals surface area contributed by atoms with Crippen molar-refractivity contribution in [3.8, 4) is 5.75 Å². The van der Waals surface area contributed by atoms with Gasteiger partial charge in [0.15, 0.2) is 0 Å². The molecule has 154 valence electrons. The van der Waals surface area contributed by atoms with E-state index in [0.29, 0.717) is 11.3 Å². The van der Waals surface area contributed by atoms with Crippen molar-refractivity contribution in [2.45, 2.75) is 19.6 Å². The van der Waals surface area contributed by atoms with Gasteiger partial charge in [0.05, 0.1) is 12.7 Å². The molecule has 0 spiro atoms. The van der Waals surface area contributed by atoms with Crippen LogP contribution in [-0.4, -0.2) is 27.6 Å². The summed E-state index contributed by atoms with van der Waals surface area (Å²) >= 11 is 0. The average Bonchev–Trinajstić information content (AvgIpc) is 2.73. The number of methoxy groups -OCH3 is 1. The summed E-state index contributed by atoms with van der Waals surface area (Å²) in [4.78, 5) is 16.8. The molecule has 0 heterocycles. The van der Waals surface area contributed by atoms with Gasteiger partial charge in [0, 0.05) is 11.8 Å². The zero-order valence-corrected chi connectivity index (χ0v) is 18.6. The Labute approximate surface area is 177 Å². The molecule has 30 heavy (non-hydrogen) atoms. The van der Waals surface area contributed by atoms with E-state index in [1.807, 2.05) is 62.1 Å². The Morgan fingerprint density at radius 1 is 0.933 bits per heavy atom. The molecule has 5 nitrogen and oxygen atoms in total. The first-order valence-corrected chi connectivity index (χ1v) is 13.0. The highest BCUT2D eigenvalue weighted by atomic mass is 28.4. The van der Waals surface area contributed by atoms with Crippen molar-refractivity contribution in [3.05, 3.63) is 90.0 Å². The molecule has 3 aromatic carbocycles. The molecule has 0 unspecified atom stereocenters. The fourth-order valence-corrected chi connectivity index (χ4v) is 3.56. The van der Waals surface area contributed by atoms with E-state index >= 15 is 0 Å². The summed E-state index contributed by atoms with van der Waals surface area (Å²) in [6.07, 6.45) is 3.12. The van der Waals surface area contributed by atoms with Crippen LogP contribution in [0.2, 0.25) is 19.6 Å². The molecule has 0 radical (unpaired) electrons. The molecule has 6 heteroatoms. The third-order valence-corrected chi connectivity index (χ3v) is 4.96. The normalized spacial score (nSPS) is 12.2. The van der Waals surface area contributed by atoms with Crippen LogP contribution in [-0.2, 0) is 9.16 Å². The molecule has 0 N–H and O–H groups in total. The first-order valence-electron chi connectivity index (χ1n) is 9.63. The second-order valence-corrected chi connectivity index (χ2v) is 12.0. The van der Waals surface area contributed by atoms with E-state index in [9.17, 15) is 4.79 Å². The maximum absolute atomic E-state index is 12.4. The Kier molecular flexibility index (Phi) is 6.69. The second-order valence-electron chi connectivity index (χ2n) is 7.60. The molecular formula is C24H25NO4Si. The van der Waals surface area contributed by atoms with Crippen LogP contribution in [0.1, 0.15) is 15.9 Å². The second kappa shape index (κ2) is 9.41. The summed E-state index contributed by atoms with van der Waals surface area (Å²) < 4.78 is 16.9. The number of carbonyl (C=O) groups is 1. The summed E-state index contributed by atoms with van der Waals surface area (Å²) in [6, 6.07) is 20.7. The molecule has 3 rings (SSSR count). The Bertz CT molecular complexity index is 1090. The van der Waals surface area contributed by atoms with Gasteiger partial charge in [-0.15, -0.1) is 0 Å². The van der Waals surface area contributed by atoms with E-state index in [0.717, 1.165) is 16.3 Å². The maximum Gasteiger partial charge on any atom is 0.345 e. The number of rotatable bonds is 7. The first kappa shape index (κ1) is 21.3. The van der Waals surface area contributed by atoms with Crippen molar-refractivity contribution in [2.24, 2.45) is 4.99 Å². The molecule has 0 aliphatic rings. The fourth-order valence-electron chi connectivity index (χ4n) is 2.86. The van der Waals surface area contributed by atoms with E-state index in [4.69, 9.17) is 13.9 Å². The third-order valence-electron chi connectivity index (χ3n) is 4.14. The number of hydrogen-bond donors (Lipinski definition) is 0. The minimum absolute atomic E-state index is 0.0819. The zero-order valence-electron chi connectivity index (χ0n) is 17.6. The minimum atomic E-state index is -2.02. The fraction of sp³-hybridized carbons (Fsp3) is 0.167. The van der Waals surface area contributed by atoms with Crippen molar-refractivity contribution in [3.63, 3.8) is 0 Å². The first-order chi connectivity index (χ1) is 14.4. The van der Waals surface area contributed by atoms with Gasteiger partial charge >= 0.3 is 5.97 Å². The van der Waals surface area contributed by atoms with Crippen LogP contribution in [0, 0.1) is 0 Å². The quantitative estimate of drug-likeness (QED) is 0.211. The summed E-state index contributed by atoms with van der Waals surface area (Å²) in [6.45, 7) is 6.03. The highest BCUT2D eigenvalue weighted by Gasteiger charge is 2.21. The van der Waals surface area contributed by atoms with Crippen molar-refractivity contribution in [2.75, 3.05) is 7.11 Å². The zero-order chi connectivity index (χ0) is 21.6. The van der Waals surface area contributed by atoms with E-state index < -0.39 is 14.3 Å². The van der Waals surface area contributed by atoms with Crippen LogP contribution in [0.3, 0.4) is 0 Å². The van der Waals surface area contributed by atoms with Gasteiger partial charge in [-0.25, -0.2) is 4.79 Å². The van der Waals surface area contributed by atoms with Crippen LogP contribution in [0.15, 0.2) is 83.9 Å². The molecule has 0 aromatic heterocycles. The number of esters is 1. The Hall–Kier alpha value is -3.38. The van der Waals surface area contributed by atoms with Crippen LogP contribution >= 0.6 is 0 Å². The summed E-state index contributed by atoms with van der Waals surface area (Å²) in [5.41, 5.74) is 1.29. The summed E-state index contributed by atoms with van der Waals surface area (Å²) in [5.74, 6) is 0.302. The molecule has 0 saturated carbocycles. The summed E-state index contributed by atoms with van der Waals surface area (Å²) in [7, 11) is -0.399. The van der Waals surface area contributed by atoms with Crippen molar-refractivity contribution >= 4 is 31.3 Å². The van der Waals surface area contributed by atoms with Crippen molar-refractivity contribution in [1.82, 2.24) is 0 Å². The van der Waals surface area contributed by atoms with Gasteiger partial charge in [-0.3, -0.25) is 4.99 Å². The number of nitrogens with zero attached hydrogens (tertiary/aromatic N) is 1. The van der Waals surface area contributed by atoms with Gasteiger partial charge in [0.2, 0.25) is 8.32 Å². The smallest absolute Gasteiger partial charge is 0.345 e. The number of carbonyl (C=O) groups excluding carboxylic acids is 1. The lowest BCUT2D eigenvalue weighted by Gasteiger charge is -2.20. The predicted octanol–water partition coefficient (Wildman–Crippen LogP) is 5.77. The molecule has 0 aliphatic heterocycles. The lowest BCUT2D eigenvalue weighted by atomic mass is 10.0. The Morgan fingerprint density at radius 2 is 1.63 bits per heavy atom. The molecular weight excluding hydrogens is 394 g/mol. The molecule has 0 fully saturated rings. The molecule has 0 saturated heterocycles. The Morgan fingerprint density at radius 3 is 2.33 bits per heavy atom. The lowest BCUT2D eigenvalue weighted by Crippen LogP contribution is -2.26. The number of benzene rings is 3. The minimum Gasteiger partial charge on any atom is -0.518 e. The van der Waals surface area contributed by atoms with Gasteiger partial charge in [0.25, 0.3) is 5.95 Å². The number of fused-ring (bicyclic) bond motifs is 1. The topological polar surface area (TPSA) is 57.1 Å². The monoisotopic (exact) mass is 419 g/mol. The number of ether oxygens (including phenoxy) is 2. The molecule has 0 aliphatic carbocycles. The lowest BCUT2D eigenvalue weighted by molar-refractivity contribution is 0.0467. The predicted molar refractivity (Wildman–Crippen MR) is 122 cm³/mol. The van der Waals surface area contributed by atoms with E-state index in [1.165, 1.54) is 6.20 Å². The van der Waals surface area contributed by atoms with Gasteiger partial charge in [-0.05, 0) is 48.6 Å². The van der Waals surface area contributed by atoms with Crippen LogP contribution in [0.5, 0.6) is 5.75 Å². The van der Waals surface area contributed by atoms with Crippen molar-refractivity contribution in [1.29, 1.82) is 0 Å². The number of hydrogen-bond acceptors (Lipinski definition) is 5. The molecule has 0 atom stereocenters. The molecule has 0 amide bonds. The van der Waals surface area contributed by atoms with Gasteiger partial charge in [-0.2, -0.15) is 0 Å².